The molecule has 4 fully saturated rings. The third-order valence-electron chi connectivity index (χ3n) is 10.6. The fourth-order valence-corrected chi connectivity index (χ4v) is 9.10. The van der Waals surface area contributed by atoms with Gasteiger partial charge < -0.3 is 5.11 Å². The maximum absolute atomic E-state index is 13.9. The second-order valence-corrected chi connectivity index (χ2v) is 11.6. The molecule has 0 amide bonds. The van der Waals surface area contributed by atoms with Crippen LogP contribution in [0.1, 0.15) is 91.9 Å². The minimum absolute atomic E-state index is 0.147. The first-order chi connectivity index (χ1) is 13.8. The van der Waals surface area contributed by atoms with Gasteiger partial charge in [0.25, 0.3) is 0 Å². The molecule has 0 aromatic carbocycles. The average Bonchev–Trinajstić information content (AvgIpc) is 3.05. The zero-order chi connectivity index (χ0) is 21.0. The summed E-state index contributed by atoms with van der Waals surface area (Å²) in [5.41, 5.74) is 0.492. The number of ketones is 1. The molecule has 0 spiro atoms. The van der Waals surface area contributed by atoms with Crippen LogP contribution in [0.5, 0.6) is 0 Å². The van der Waals surface area contributed by atoms with Crippen LogP contribution in [0.15, 0.2) is 0 Å². The zero-order valence-electron chi connectivity index (χ0n) is 19.0. The van der Waals surface area contributed by atoms with E-state index in [0.717, 1.165) is 32.1 Å². The van der Waals surface area contributed by atoms with E-state index in [9.17, 15) is 9.90 Å². The summed E-state index contributed by atoms with van der Waals surface area (Å²) in [6.45, 7) is 9.50. The molecule has 4 aliphatic rings. The minimum Gasteiger partial charge on any atom is -0.393 e. The van der Waals surface area contributed by atoms with Crippen LogP contribution < -0.4 is 0 Å². The van der Waals surface area contributed by atoms with E-state index in [2.05, 4.69) is 33.8 Å². The van der Waals surface area contributed by atoms with Gasteiger partial charge in [0.2, 0.25) is 0 Å². The highest BCUT2D eigenvalue weighted by atomic mass is 16.3. The first-order valence-corrected chi connectivity index (χ1v) is 12.4. The first-order valence-electron chi connectivity index (χ1n) is 12.4. The van der Waals surface area contributed by atoms with E-state index in [1.165, 1.54) is 25.7 Å². The fourth-order valence-electron chi connectivity index (χ4n) is 9.10. The standard InChI is InChI=1S/C26H41NO2/c1-5-18-22-15-17(28)10-12-26(22,4)21-11-13-25(3)19(16(2)7-6-14-27)8-9-20(25)23(21)24(18)29/h16-23,28H,5-13,15H2,1-4H3/t16-,17-,18+,19?,20?,21?,22+,23?,25-,26-/m1/s1. The first kappa shape index (κ1) is 21.4. The molecule has 0 bridgehead atoms. The van der Waals surface area contributed by atoms with E-state index < -0.39 is 0 Å². The van der Waals surface area contributed by atoms with E-state index in [4.69, 9.17) is 5.26 Å². The lowest BCUT2D eigenvalue weighted by molar-refractivity contribution is -0.173. The molecule has 3 nitrogen and oxygen atoms in total. The molecule has 4 saturated carbocycles. The predicted molar refractivity (Wildman–Crippen MR) is 115 cm³/mol. The molecule has 10 atom stereocenters. The number of aliphatic hydroxyl groups excluding tert-OH is 1. The number of rotatable bonds is 4. The normalized spacial score (nSPS) is 50.2. The van der Waals surface area contributed by atoms with Gasteiger partial charge in [-0.15, -0.1) is 0 Å². The number of hydrogen-bond acceptors (Lipinski definition) is 3. The Morgan fingerprint density at radius 2 is 1.79 bits per heavy atom. The highest BCUT2D eigenvalue weighted by Gasteiger charge is 2.64. The summed E-state index contributed by atoms with van der Waals surface area (Å²) in [7, 11) is 0. The summed E-state index contributed by atoms with van der Waals surface area (Å²) in [5.74, 6) is 3.60. The summed E-state index contributed by atoms with van der Waals surface area (Å²) >= 11 is 0. The molecule has 4 rings (SSSR count). The van der Waals surface area contributed by atoms with Gasteiger partial charge in [-0.05, 0) is 98.2 Å². The molecule has 0 aromatic heterocycles. The zero-order valence-corrected chi connectivity index (χ0v) is 19.0. The smallest absolute Gasteiger partial charge is 0.139 e. The van der Waals surface area contributed by atoms with Crippen molar-refractivity contribution in [2.75, 3.05) is 0 Å². The largest absolute Gasteiger partial charge is 0.393 e. The lowest BCUT2D eigenvalue weighted by Crippen LogP contribution is -2.60. The van der Waals surface area contributed by atoms with Crippen molar-refractivity contribution >= 4 is 5.78 Å². The van der Waals surface area contributed by atoms with Gasteiger partial charge >= 0.3 is 0 Å². The number of fused-ring (bicyclic) bond motifs is 5. The van der Waals surface area contributed by atoms with Gasteiger partial charge in [0.1, 0.15) is 5.78 Å². The number of nitrogens with zero attached hydrogens (tertiary/aromatic N) is 1. The van der Waals surface area contributed by atoms with Crippen molar-refractivity contribution in [2.45, 2.75) is 98.0 Å². The highest BCUT2D eigenvalue weighted by molar-refractivity contribution is 5.86. The van der Waals surface area contributed by atoms with Crippen molar-refractivity contribution in [1.82, 2.24) is 0 Å². The number of nitriles is 1. The molecule has 4 aliphatic carbocycles. The summed E-state index contributed by atoms with van der Waals surface area (Å²) in [5, 5.41) is 19.4. The van der Waals surface area contributed by atoms with Crippen LogP contribution in [0, 0.1) is 63.6 Å². The van der Waals surface area contributed by atoms with Gasteiger partial charge in [-0.2, -0.15) is 5.26 Å². The Bertz CT molecular complexity index is 683. The molecule has 0 aliphatic heterocycles. The third-order valence-corrected chi connectivity index (χ3v) is 10.6. The van der Waals surface area contributed by atoms with Crippen molar-refractivity contribution in [3.63, 3.8) is 0 Å². The number of Topliss-reactive ketones (excluding diaryl/α,β-unsaturated/α-hetero) is 1. The molecule has 0 saturated heterocycles. The van der Waals surface area contributed by atoms with Gasteiger partial charge in [-0.25, -0.2) is 0 Å². The van der Waals surface area contributed by atoms with Crippen LogP contribution >= 0.6 is 0 Å². The van der Waals surface area contributed by atoms with Gasteiger partial charge in [0.15, 0.2) is 0 Å². The van der Waals surface area contributed by atoms with Crippen molar-refractivity contribution in [3.05, 3.63) is 0 Å². The molecule has 4 unspecified atom stereocenters. The van der Waals surface area contributed by atoms with Crippen LogP contribution in [0.4, 0.5) is 0 Å². The van der Waals surface area contributed by atoms with Crippen LogP contribution in [0.25, 0.3) is 0 Å². The summed E-state index contributed by atoms with van der Waals surface area (Å²) in [6, 6.07) is 2.34. The summed E-state index contributed by atoms with van der Waals surface area (Å²) in [6.07, 6.45) is 10.1. The Labute approximate surface area is 177 Å². The SMILES string of the molecule is CC[C@@H]1C(=O)C2C3CCC([C@H](C)CCC#N)[C@@]3(C)CCC2[C@@]2(C)CC[C@@H](O)C[C@@H]12. The molecule has 1 N–H and O–H groups in total. The lowest BCUT2D eigenvalue weighted by Gasteiger charge is -2.62. The Hall–Kier alpha value is -0.880. The Balaban J connectivity index is 1.65. The Morgan fingerprint density at radius 1 is 1.10 bits per heavy atom. The minimum atomic E-state index is -0.211. The molecule has 29 heavy (non-hydrogen) atoms. The summed E-state index contributed by atoms with van der Waals surface area (Å²) < 4.78 is 0. The molecule has 3 heteroatoms. The van der Waals surface area contributed by atoms with Crippen LogP contribution in [0.3, 0.4) is 0 Å². The van der Waals surface area contributed by atoms with Gasteiger partial charge in [-0.3, -0.25) is 4.79 Å². The molecule has 162 valence electrons. The average molecular weight is 400 g/mol. The van der Waals surface area contributed by atoms with Crippen molar-refractivity contribution in [1.29, 1.82) is 5.26 Å². The van der Waals surface area contributed by atoms with Crippen LogP contribution in [0.2, 0.25) is 0 Å². The topological polar surface area (TPSA) is 61.1 Å². The monoisotopic (exact) mass is 399 g/mol. The van der Waals surface area contributed by atoms with Crippen LogP contribution in [-0.4, -0.2) is 17.0 Å². The fraction of sp³-hybridized carbons (Fsp3) is 0.923. The van der Waals surface area contributed by atoms with E-state index >= 15 is 0 Å². The van der Waals surface area contributed by atoms with E-state index in [1.807, 2.05) is 0 Å². The van der Waals surface area contributed by atoms with Crippen molar-refractivity contribution in [3.8, 4) is 6.07 Å². The lowest BCUT2D eigenvalue weighted by atomic mass is 9.42. The van der Waals surface area contributed by atoms with E-state index in [0.29, 0.717) is 41.8 Å². The molecular weight excluding hydrogens is 358 g/mol. The molecular formula is C26H41NO2. The van der Waals surface area contributed by atoms with Crippen LogP contribution in [-0.2, 0) is 4.79 Å². The van der Waals surface area contributed by atoms with E-state index in [-0.39, 0.29) is 28.8 Å². The van der Waals surface area contributed by atoms with Gasteiger partial charge in [-0.1, -0.05) is 27.7 Å². The number of carbonyl (C=O) groups is 1. The molecule has 0 heterocycles. The molecule has 0 aromatic rings. The Morgan fingerprint density at radius 3 is 2.48 bits per heavy atom. The van der Waals surface area contributed by atoms with Crippen molar-refractivity contribution in [2.24, 2.45) is 52.3 Å². The second kappa shape index (κ2) is 7.67. The van der Waals surface area contributed by atoms with Gasteiger partial charge in [0.05, 0.1) is 12.2 Å². The summed E-state index contributed by atoms with van der Waals surface area (Å²) in [4.78, 5) is 13.9. The molecule has 0 radical (unpaired) electrons. The third kappa shape index (κ3) is 3.12. The maximum Gasteiger partial charge on any atom is 0.139 e. The quantitative estimate of drug-likeness (QED) is 0.653. The Kier molecular flexibility index (Phi) is 5.65. The number of hydrogen-bond donors (Lipinski definition) is 1. The van der Waals surface area contributed by atoms with Crippen molar-refractivity contribution < 1.29 is 9.90 Å². The highest BCUT2D eigenvalue weighted by Crippen LogP contribution is 2.68. The number of aliphatic hydroxyl groups is 1. The second-order valence-electron chi connectivity index (χ2n) is 11.6. The van der Waals surface area contributed by atoms with E-state index in [1.54, 1.807) is 0 Å². The number of carbonyl (C=O) groups excluding carboxylic acids is 1. The van der Waals surface area contributed by atoms with Gasteiger partial charge in [0, 0.05) is 18.3 Å². The predicted octanol–water partition coefficient (Wildman–Crippen LogP) is 5.76. The maximum atomic E-state index is 13.9.